The number of hydrogen-bond acceptors (Lipinski definition) is 3. The van der Waals surface area contributed by atoms with Gasteiger partial charge in [-0.1, -0.05) is 18.2 Å². The molecule has 0 bridgehead atoms. The van der Waals surface area contributed by atoms with Gasteiger partial charge in [0, 0.05) is 32.3 Å². The van der Waals surface area contributed by atoms with Gasteiger partial charge in [0.05, 0.1) is 12.1 Å². The van der Waals surface area contributed by atoms with Crippen LogP contribution in [-0.2, 0) is 18.3 Å². The fourth-order valence-electron chi connectivity index (χ4n) is 2.34. The molecule has 1 heterocycles. The van der Waals surface area contributed by atoms with Gasteiger partial charge < -0.3 is 9.30 Å². The number of fused-ring (bicyclic) bond motifs is 1. The molecule has 0 saturated carbocycles. The first-order valence-corrected chi connectivity index (χ1v) is 6.97. The smallest absolute Gasteiger partial charge is 0.255 e. The minimum absolute atomic E-state index is 0.0759. The van der Waals surface area contributed by atoms with Gasteiger partial charge in [-0.15, -0.1) is 0 Å². The number of nitrogens with zero attached hydrogens (tertiary/aromatic N) is 2. The molecule has 0 saturated heterocycles. The summed E-state index contributed by atoms with van der Waals surface area (Å²) >= 11 is 0. The summed E-state index contributed by atoms with van der Waals surface area (Å²) in [6.45, 7) is 4.87. The molecule has 1 aromatic heterocycles. The standard InChI is InChI=1S/C16H22N2O2/c1-4-20-10-9-17(2)12-14-11-13-7-5-6-8-15(13)18(3)16(14)19/h5-8,11H,4,9-10,12H2,1-3H3. The minimum Gasteiger partial charge on any atom is -0.380 e. The van der Waals surface area contributed by atoms with E-state index in [1.165, 1.54) is 0 Å². The van der Waals surface area contributed by atoms with E-state index in [-0.39, 0.29) is 5.56 Å². The van der Waals surface area contributed by atoms with Crippen LogP contribution in [0.3, 0.4) is 0 Å². The Balaban J connectivity index is 2.22. The SMILES string of the molecule is CCOCCN(C)Cc1cc2ccccc2n(C)c1=O. The second-order valence-electron chi connectivity index (χ2n) is 5.03. The highest BCUT2D eigenvalue weighted by molar-refractivity contribution is 5.79. The van der Waals surface area contributed by atoms with Crippen molar-refractivity contribution in [2.45, 2.75) is 13.5 Å². The lowest BCUT2D eigenvalue weighted by molar-refractivity contribution is 0.120. The summed E-state index contributed by atoms with van der Waals surface area (Å²) < 4.78 is 7.06. The zero-order valence-electron chi connectivity index (χ0n) is 12.4. The van der Waals surface area contributed by atoms with E-state index in [1.807, 2.05) is 51.4 Å². The van der Waals surface area contributed by atoms with Crippen molar-refractivity contribution < 1.29 is 4.74 Å². The van der Waals surface area contributed by atoms with E-state index in [0.29, 0.717) is 13.2 Å². The van der Waals surface area contributed by atoms with Crippen molar-refractivity contribution in [2.24, 2.45) is 7.05 Å². The molecule has 1 aromatic carbocycles. The molecule has 20 heavy (non-hydrogen) atoms. The Labute approximate surface area is 119 Å². The Bertz CT molecular complexity index is 634. The van der Waals surface area contributed by atoms with Crippen LogP contribution in [0.4, 0.5) is 0 Å². The Morgan fingerprint density at radius 1 is 1.30 bits per heavy atom. The topological polar surface area (TPSA) is 34.5 Å². The number of aromatic nitrogens is 1. The molecule has 2 rings (SSSR count). The number of benzene rings is 1. The van der Waals surface area contributed by atoms with Crippen molar-refractivity contribution in [2.75, 3.05) is 26.8 Å². The van der Waals surface area contributed by atoms with Crippen LogP contribution in [0.15, 0.2) is 35.1 Å². The third-order valence-electron chi connectivity index (χ3n) is 3.47. The molecule has 0 fully saturated rings. The molecule has 2 aromatic rings. The molecular formula is C16H22N2O2. The van der Waals surface area contributed by atoms with E-state index in [1.54, 1.807) is 4.57 Å². The molecule has 0 amide bonds. The van der Waals surface area contributed by atoms with Crippen molar-refractivity contribution in [3.63, 3.8) is 0 Å². The summed E-state index contributed by atoms with van der Waals surface area (Å²) in [5.74, 6) is 0. The molecule has 0 aliphatic rings. The fourth-order valence-corrected chi connectivity index (χ4v) is 2.34. The molecule has 0 aliphatic carbocycles. The lowest BCUT2D eigenvalue weighted by Crippen LogP contribution is -2.29. The number of para-hydroxylation sites is 1. The van der Waals surface area contributed by atoms with Gasteiger partial charge in [-0.2, -0.15) is 0 Å². The van der Waals surface area contributed by atoms with Gasteiger partial charge in [0.2, 0.25) is 0 Å². The van der Waals surface area contributed by atoms with Gasteiger partial charge in [-0.05, 0) is 31.5 Å². The van der Waals surface area contributed by atoms with Crippen molar-refractivity contribution in [1.82, 2.24) is 9.47 Å². The predicted molar refractivity (Wildman–Crippen MR) is 82.0 cm³/mol. The quantitative estimate of drug-likeness (QED) is 0.756. The maximum atomic E-state index is 12.4. The molecule has 0 spiro atoms. The molecule has 0 N–H and O–H groups in total. The maximum absolute atomic E-state index is 12.4. The average molecular weight is 274 g/mol. The van der Waals surface area contributed by atoms with Gasteiger partial charge in [-0.25, -0.2) is 0 Å². The molecule has 4 heteroatoms. The summed E-state index contributed by atoms with van der Waals surface area (Å²) in [6.07, 6.45) is 0. The van der Waals surface area contributed by atoms with Crippen LogP contribution >= 0.6 is 0 Å². The summed E-state index contributed by atoms with van der Waals surface area (Å²) in [5, 5.41) is 1.10. The summed E-state index contributed by atoms with van der Waals surface area (Å²) in [4.78, 5) is 14.5. The van der Waals surface area contributed by atoms with Crippen LogP contribution < -0.4 is 5.56 Å². The van der Waals surface area contributed by atoms with E-state index in [4.69, 9.17) is 4.74 Å². The Hall–Kier alpha value is -1.65. The summed E-state index contributed by atoms with van der Waals surface area (Å²) in [6, 6.07) is 9.96. The van der Waals surface area contributed by atoms with Crippen LogP contribution in [0, 0.1) is 0 Å². The van der Waals surface area contributed by atoms with Gasteiger partial charge in [-0.3, -0.25) is 9.69 Å². The Morgan fingerprint density at radius 3 is 2.80 bits per heavy atom. The fraction of sp³-hybridized carbons (Fsp3) is 0.438. The van der Waals surface area contributed by atoms with Crippen molar-refractivity contribution >= 4 is 10.9 Å². The van der Waals surface area contributed by atoms with E-state index in [9.17, 15) is 4.79 Å². The van der Waals surface area contributed by atoms with Crippen LogP contribution in [-0.4, -0.2) is 36.3 Å². The van der Waals surface area contributed by atoms with Crippen LogP contribution in [0.25, 0.3) is 10.9 Å². The lowest BCUT2D eigenvalue weighted by Gasteiger charge is -2.17. The first-order chi connectivity index (χ1) is 9.63. The number of likely N-dealkylation sites (N-methyl/N-ethyl adjacent to an activating group) is 1. The number of aryl methyl sites for hydroxylation is 1. The monoisotopic (exact) mass is 274 g/mol. The normalized spacial score (nSPS) is 11.4. The number of pyridine rings is 1. The largest absolute Gasteiger partial charge is 0.380 e. The number of rotatable bonds is 6. The maximum Gasteiger partial charge on any atom is 0.255 e. The number of hydrogen-bond donors (Lipinski definition) is 0. The molecule has 4 nitrogen and oxygen atoms in total. The first kappa shape index (κ1) is 14.8. The van der Waals surface area contributed by atoms with Crippen LogP contribution in [0.1, 0.15) is 12.5 Å². The van der Waals surface area contributed by atoms with E-state index < -0.39 is 0 Å². The lowest BCUT2D eigenvalue weighted by atomic mass is 10.1. The minimum atomic E-state index is 0.0759. The van der Waals surface area contributed by atoms with Crippen LogP contribution in [0.5, 0.6) is 0 Å². The van der Waals surface area contributed by atoms with Crippen molar-refractivity contribution in [3.8, 4) is 0 Å². The van der Waals surface area contributed by atoms with Gasteiger partial charge in [0.15, 0.2) is 0 Å². The van der Waals surface area contributed by atoms with E-state index in [2.05, 4.69) is 4.90 Å². The Morgan fingerprint density at radius 2 is 2.05 bits per heavy atom. The predicted octanol–water partition coefficient (Wildman–Crippen LogP) is 2.01. The zero-order valence-corrected chi connectivity index (χ0v) is 12.4. The molecular weight excluding hydrogens is 252 g/mol. The van der Waals surface area contributed by atoms with Gasteiger partial charge in [0.1, 0.15) is 0 Å². The zero-order chi connectivity index (χ0) is 14.5. The van der Waals surface area contributed by atoms with E-state index in [0.717, 1.165) is 29.6 Å². The third-order valence-corrected chi connectivity index (χ3v) is 3.47. The molecule has 108 valence electrons. The van der Waals surface area contributed by atoms with Gasteiger partial charge in [0.25, 0.3) is 5.56 Å². The highest BCUT2D eigenvalue weighted by Gasteiger charge is 2.08. The second kappa shape index (κ2) is 6.68. The van der Waals surface area contributed by atoms with Crippen molar-refractivity contribution in [1.29, 1.82) is 0 Å². The second-order valence-corrected chi connectivity index (χ2v) is 5.03. The third kappa shape index (κ3) is 3.26. The van der Waals surface area contributed by atoms with Crippen molar-refractivity contribution in [3.05, 3.63) is 46.2 Å². The van der Waals surface area contributed by atoms with Crippen LogP contribution in [0.2, 0.25) is 0 Å². The molecule has 0 atom stereocenters. The highest BCUT2D eigenvalue weighted by Crippen LogP contribution is 2.13. The first-order valence-electron chi connectivity index (χ1n) is 6.97. The summed E-state index contributed by atoms with van der Waals surface area (Å²) in [7, 11) is 3.84. The number of ether oxygens (including phenoxy) is 1. The average Bonchev–Trinajstić information content (AvgIpc) is 2.45. The Kier molecular flexibility index (Phi) is 4.93. The van der Waals surface area contributed by atoms with E-state index >= 15 is 0 Å². The molecule has 0 aliphatic heterocycles. The molecule has 0 radical (unpaired) electrons. The van der Waals surface area contributed by atoms with Gasteiger partial charge >= 0.3 is 0 Å². The molecule has 0 unspecified atom stereocenters. The highest BCUT2D eigenvalue weighted by atomic mass is 16.5. The summed E-state index contributed by atoms with van der Waals surface area (Å²) in [5.41, 5.74) is 1.87.